The number of hydrogen-bond acceptors (Lipinski definition) is 7. The van der Waals surface area contributed by atoms with Gasteiger partial charge in [-0.25, -0.2) is 9.48 Å². The lowest BCUT2D eigenvalue weighted by atomic mass is 10.0. The van der Waals surface area contributed by atoms with Crippen molar-refractivity contribution in [2.75, 3.05) is 19.5 Å². The van der Waals surface area contributed by atoms with Gasteiger partial charge in [0, 0.05) is 17.0 Å². The summed E-state index contributed by atoms with van der Waals surface area (Å²) < 4.78 is 12.8. The molecule has 1 saturated carbocycles. The molecular weight excluding hydrogens is 418 g/mol. The van der Waals surface area contributed by atoms with E-state index < -0.39 is 5.69 Å². The summed E-state index contributed by atoms with van der Waals surface area (Å²) in [5.74, 6) is 0.678. The quantitative estimate of drug-likeness (QED) is 0.599. The Hall–Kier alpha value is -3.01. The van der Waals surface area contributed by atoms with Gasteiger partial charge in [0.1, 0.15) is 11.6 Å². The zero-order valence-corrected chi connectivity index (χ0v) is 18.4. The first-order valence-electron chi connectivity index (χ1n) is 10.2. The van der Waals surface area contributed by atoms with Gasteiger partial charge in [-0.1, -0.05) is 19.3 Å². The van der Waals surface area contributed by atoms with Crippen LogP contribution in [0.4, 0.5) is 5.69 Å². The van der Waals surface area contributed by atoms with Crippen LogP contribution in [0.3, 0.4) is 0 Å². The molecule has 2 heterocycles. The molecule has 9 nitrogen and oxygen atoms in total. The Morgan fingerprint density at radius 3 is 2.61 bits per heavy atom. The average Bonchev–Trinajstić information content (AvgIpc) is 3.09. The van der Waals surface area contributed by atoms with E-state index in [0.717, 1.165) is 9.71 Å². The molecule has 0 bridgehead atoms. The van der Waals surface area contributed by atoms with Gasteiger partial charge in [0.15, 0.2) is 17.1 Å². The Morgan fingerprint density at radius 1 is 1.10 bits per heavy atom. The van der Waals surface area contributed by atoms with Crippen LogP contribution in [-0.4, -0.2) is 44.8 Å². The third-order valence-electron chi connectivity index (χ3n) is 5.22. The summed E-state index contributed by atoms with van der Waals surface area (Å²) in [5.41, 5.74) is 0.504. The summed E-state index contributed by atoms with van der Waals surface area (Å²) in [7, 11) is 3.06. The SMILES string of the molecule is COc1ccc(NC(=O)Cn2nc3ccc(SC4CCCCC4)nn3c2=O)cc1OC. The highest BCUT2D eigenvalue weighted by Gasteiger charge is 2.17. The first-order chi connectivity index (χ1) is 15.1. The number of carbonyl (C=O) groups is 1. The molecule has 1 amide bonds. The Bertz CT molecular complexity index is 1140. The van der Waals surface area contributed by atoms with Crippen LogP contribution in [-0.2, 0) is 11.3 Å². The summed E-state index contributed by atoms with van der Waals surface area (Å²) in [4.78, 5) is 25.2. The van der Waals surface area contributed by atoms with Crippen LogP contribution in [0.1, 0.15) is 32.1 Å². The molecule has 4 rings (SSSR count). The molecule has 0 aliphatic heterocycles. The van der Waals surface area contributed by atoms with Gasteiger partial charge < -0.3 is 14.8 Å². The Morgan fingerprint density at radius 2 is 1.87 bits per heavy atom. The molecule has 1 N–H and O–H groups in total. The molecule has 1 aliphatic rings. The monoisotopic (exact) mass is 443 g/mol. The number of aromatic nitrogens is 4. The van der Waals surface area contributed by atoms with Crippen molar-refractivity contribution in [2.45, 2.75) is 48.9 Å². The first-order valence-corrected chi connectivity index (χ1v) is 11.1. The maximum absolute atomic E-state index is 12.7. The normalized spacial score (nSPS) is 14.5. The van der Waals surface area contributed by atoms with E-state index in [0.29, 0.717) is 28.1 Å². The standard InChI is InChI=1S/C21H25N5O4S/c1-29-16-9-8-14(12-17(16)30-2)22-19(27)13-25-21(28)26-18(23-25)10-11-20(24-26)31-15-6-4-3-5-7-15/h8-12,15H,3-7,13H2,1-2H3,(H,22,27). The Kier molecular flexibility index (Phi) is 6.45. The van der Waals surface area contributed by atoms with Crippen LogP contribution >= 0.6 is 11.8 Å². The fraction of sp³-hybridized carbons (Fsp3) is 0.429. The average molecular weight is 444 g/mol. The van der Waals surface area contributed by atoms with Crippen molar-refractivity contribution in [3.63, 3.8) is 0 Å². The molecule has 31 heavy (non-hydrogen) atoms. The molecule has 2 aromatic heterocycles. The van der Waals surface area contributed by atoms with E-state index in [2.05, 4.69) is 15.5 Å². The van der Waals surface area contributed by atoms with Gasteiger partial charge in [-0.15, -0.1) is 16.9 Å². The lowest BCUT2D eigenvalue weighted by Crippen LogP contribution is -2.28. The van der Waals surface area contributed by atoms with Crippen molar-refractivity contribution in [3.8, 4) is 11.5 Å². The van der Waals surface area contributed by atoms with Gasteiger partial charge >= 0.3 is 5.69 Å². The van der Waals surface area contributed by atoms with Gasteiger partial charge in [0.25, 0.3) is 0 Å². The van der Waals surface area contributed by atoms with Gasteiger partial charge in [-0.3, -0.25) is 4.79 Å². The van der Waals surface area contributed by atoms with E-state index in [9.17, 15) is 9.59 Å². The van der Waals surface area contributed by atoms with Crippen LogP contribution in [0.5, 0.6) is 11.5 Å². The molecule has 0 radical (unpaired) electrons. The third kappa shape index (κ3) is 4.84. The van der Waals surface area contributed by atoms with E-state index in [-0.39, 0.29) is 12.5 Å². The van der Waals surface area contributed by atoms with Crippen LogP contribution in [0, 0.1) is 0 Å². The summed E-state index contributed by atoms with van der Waals surface area (Å²) in [6, 6.07) is 8.69. The molecule has 164 valence electrons. The van der Waals surface area contributed by atoms with Crippen molar-refractivity contribution in [2.24, 2.45) is 0 Å². The topological polar surface area (TPSA) is 99.7 Å². The zero-order chi connectivity index (χ0) is 21.8. The lowest BCUT2D eigenvalue weighted by molar-refractivity contribution is -0.117. The highest BCUT2D eigenvalue weighted by molar-refractivity contribution is 7.99. The Labute approximate surface area is 183 Å². The molecule has 1 aromatic carbocycles. The zero-order valence-electron chi connectivity index (χ0n) is 17.5. The molecule has 0 spiro atoms. The van der Waals surface area contributed by atoms with Gasteiger partial charge in [-0.2, -0.15) is 9.61 Å². The fourth-order valence-electron chi connectivity index (χ4n) is 3.66. The molecule has 1 aliphatic carbocycles. The number of hydrogen-bond donors (Lipinski definition) is 1. The second-order valence-corrected chi connectivity index (χ2v) is 8.70. The number of benzene rings is 1. The minimum Gasteiger partial charge on any atom is -0.493 e. The van der Waals surface area contributed by atoms with Crippen molar-refractivity contribution >= 4 is 29.0 Å². The minimum absolute atomic E-state index is 0.221. The summed E-state index contributed by atoms with van der Waals surface area (Å²) in [6.07, 6.45) is 6.13. The first kappa shape index (κ1) is 21.2. The maximum atomic E-state index is 12.7. The minimum atomic E-state index is -0.441. The number of anilines is 1. The second kappa shape index (κ2) is 9.42. The number of nitrogens with one attached hydrogen (secondary N) is 1. The van der Waals surface area contributed by atoms with Crippen molar-refractivity contribution in [1.82, 2.24) is 19.4 Å². The predicted molar refractivity (Wildman–Crippen MR) is 118 cm³/mol. The van der Waals surface area contributed by atoms with Crippen LogP contribution in [0.2, 0.25) is 0 Å². The highest BCUT2D eigenvalue weighted by Crippen LogP contribution is 2.32. The smallest absolute Gasteiger partial charge is 0.367 e. The van der Waals surface area contributed by atoms with E-state index in [1.54, 1.807) is 43.1 Å². The van der Waals surface area contributed by atoms with Gasteiger partial charge in [0.05, 0.1) is 14.2 Å². The Balaban J connectivity index is 1.47. The summed E-state index contributed by atoms with van der Waals surface area (Å²) >= 11 is 1.71. The van der Waals surface area contributed by atoms with Gasteiger partial charge in [0.2, 0.25) is 5.91 Å². The van der Waals surface area contributed by atoms with E-state index in [1.165, 1.54) is 43.7 Å². The second-order valence-electron chi connectivity index (χ2n) is 7.38. The van der Waals surface area contributed by atoms with E-state index in [4.69, 9.17) is 9.47 Å². The van der Waals surface area contributed by atoms with E-state index >= 15 is 0 Å². The maximum Gasteiger partial charge on any atom is 0.367 e. The number of nitrogens with zero attached hydrogens (tertiary/aromatic N) is 4. The molecule has 1 fully saturated rings. The molecule has 3 aromatic rings. The molecule has 0 saturated heterocycles. The lowest BCUT2D eigenvalue weighted by Gasteiger charge is -2.20. The van der Waals surface area contributed by atoms with Crippen molar-refractivity contribution < 1.29 is 14.3 Å². The molecular formula is C21H25N5O4S. The predicted octanol–water partition coefficient (Wildman–Crippen LogP) is 2.97. The molecule has 0 unspecified atom stereocenters. The largest absolute Gasteiger partial charge is 0.493 e. The third-order valence-corrected chi connectivity index (χ3v) is 6.48. The number of ether oxygens (including phenoxy) is 2. The van der Waals surface area contributed by atoms with Crippen molar-refractivity contribution in [3.05, 3.63) is 40.8 Å². The summed E-state index contributed by atoms with van der Waals surface area (Å²) in [5, 5.41) is 12.8. The number of methoxy groups -OCH3 is 2. The number of amides is 1. The van der Waals surface area contributed by atoms with E-state index in [1.807, 2.05) is 6.07 Å². The number of thioether (sulfide) groups is 1. The fourth-order valence-corrected chi connectivity index (χ4v) is 4.85. The summed E-state index contributed by atoms with van der Waals surface area (Å²) in [6.45, 7) is -0.221. The van der Waals surface area contributed by atoms with Crippen molar-refractivity contribution in [1.29, 1.82) is 0 Å². The molecule has 10 heteroatoms. The van der Waals surface area contributed by atoms with Crippen LogP contribution < -0.4 is 20.5 Å². The molecule has 0 atom stereocenters. The number of fused-ring (bicyclic) bond motifs is 1. The van der Waals surface area contributed by atoms with Crippen LogP contribution in [0.15, 0.2) is 40.2 Å². The highest BCUT2D eigenvalue weighted by atomic mass is 32.2. The number of carbonyl (C=O) groups excluding carboxylic acids is 1. The van der Waals surface area contributed by atoms with Crippen LogP contribution in [0.25, 0.3) is 5.65 Å². The van der Waals surface area contributed by atoms with Gasteiger partial charge in [-0.05, 0) is 37.1 Å². The number of rotatable bonds is 7.